The number of benzene rings is 2. The molecule has 2 aromatic rings. The topological polar surface area (TPSA) is 46.6 Å². The molecule has 0 atom stereocenters. The Morgan fingerprint density at radius 1 is 1.00 bits per heavy atom. The van der Waals surface area contributed by atoms with Gasteiger partial charge in [-0.2, -0.15) is 0 Å². The molecule has 27 heavy (non-hydrogen) atoms. The molecular weight excluding hydrogens is 338 g/mol. The summed E-state index contributed by atoms with van der Waals surface area (Å²) in [7, 11) is 0. The Kier molecular flexibility index (Phi) is 5.94. The first-order valence-corrected chi connectivity index (χ1v) is 9.53. The van der Waals surface area contributed by atoms with Crippen LogP contribution in [0.5, 0.6) is 0 Å². The largest absolute Gasteiger partial charge is 0.461 e. The van der Waals surface area contributed by atoms with Crippen molar-refractivity contribution in [2.24, 2.45) is 5.92 Å². The zero-order valence-electron chi connectivity index (χ0n) is 16.3. The van der Waals surface area contributed by atoms with Crippen LogP contribution in [-0.2, 0) is 16.1 Å². The summed E-state index contributed by atoms with van der Waals surface area (Å²) in [4.78, 5) is 26.9. The molecule has 0 aromatic heterocycles. The summed E-state index contributed by atoms with van der Waals surface area (Å²) in [6.07, 6.45) is 1.31. The van der Waals surface area contributed by atoms with Crippen molar-refractivity contribution in [1.82, 2.24) is 4.90 Å². The van der Waals surface area contributed by atoms with Crippen molar-refractivity contribution in [2.45, 2.75) is 40.2 Å². The van der Waals surface area contributed by atoms with E-state index in [-0.39, 0.29) is 17.8 Å². The van der Waals surface area contributed by atoms with Gasteiger partial charge in [0.15, 0.2) is 0 Å². The predicted octanol–water partition coefficient (Wildman–Crippen LogP) is 4.21. The minimum Gasteiger partial charge on any atom is -0.461 e. The lowest BCUT2D eigenvalue weighted by Crippen LogP contribution is -2.40. The van der Waals surface area contributed by atoms with Crippen molar-refractivity contribution in [3.63, 3.8) is 0 Å². The second-order valence-corrected chi connectivity index (χ2v) is 7.49. The van der Waals surface area contributed by atoms with Crippen LogP contribution in [-0.4, -0.2) is 29.9 Å². The molecule has 0 radical (unpaired) electrons. The summed E-state index contributed by atoms with van der Waals surface area (Å²) in [6, 6.07) is 13.8. The van der Waals surface area contributed by atoms with E-state index in [4.69, 9.17) is 4.74 Å². The number of ether oxygens (including phenoxy) is 1. The lowest BCUT2D eigenvalue weighted by molar-refractivity contribution is -0.151. The predicted molar refractivity (Wildman–Crippen MR) is 106 cm³/mol. The zero-order chi connectivity index (χ0) is 19.4. The Balaban J connectivity index is 1.52. The molecule has 0 aliphatic carbocycles. The first-order valence-electron chi connectivity index (χ1n) is 9.53. The Morgan fingerprint density at radius 3 is 2.26 bits per heavy atom. The number of rotatable bonds is 4. The van der Waals surface area contributed by atoms with Crippen LogP contribution in [0.1, 0.15) is 45.5 Å². The molecule has 1 heterocycles. The highest BCUT2D eigenvalue weighted by Gasteiger charge is 2.29. The lowest BCUT2D eigenvalue weighted by atomic mass is 9.96. The van der Waals surface area contributed by atoms with E-state index >= 15 is 0 Å². The van der Waals surface area contributed by atoms with Crippen LogP contribution in [0.4, 0.5) is 0 Å². The highest BCUT2D eigenvalue weighted by atomic mass is 16.5. The maximum atomic E-state index is 12.7. The van der Waals surface area contributed by atoms with Gasteiger partial charge in [0.05, 0.1) is 5.92 Å². The maximum Gasteiger partial charge on any atom is 0.309 e. The molecule has 1 aliphatic heterocycles. The fourth-order valence-electron chi connectivity index (χ4n) is 3.73. The summed E-state index contributed by atoms with van der Waals surface area (Å²) >= 11 is 0. The lowest BCUT2D eigenvalue weighted by Gasteiger charge is -2.31. The van der Waals surface area contributed by atoms with E-state index in [1.807, 2.05) is 62.1 Å². The SMILES string of the molecule is Cc1cc(C)cc(COC(=O)C2CCN(C(=O)c3ccccc3C)CC2)c1. The fourth-order valence-corrected chi connectivity index (χ4v) is 3.73. The molecule has 1 saturated heterocycles. The minimum absolute atomic E-state index is 0.0511. The van der Waals surface area contributed by atoms with E-state index in [0.717, 1.165) is 16.7 Å². The molecule has 0 bridgehead atoms. The average Bonchev–Trinajstić information content (AvgIpc) is 2.65. The van der Waals surface area contributed by atoms with Crippen molar-refractivity contribution >= 4 is 11.9 Å². The first-order chi connectivity index (χ1) is 12.9. The molecule has 0 saturated carbocycles. The number of esters is 1. The first kappa shape index (κ1) is 19.2. The van der Waals surface area contributed by atoms with Crippen LogP contribution in [0.15, 0.2) is 42.5 Å². The summed E-state index contributed by atoms with van der Waals surface area (Å²) in [5, 5.41) is 0. The van der Waals surface area contributed by atoms with E-state index in [1.54, 1.807) is 0 Å². The third-order valence-corrected chi connectivity index (χ3v) is 5.15. The van der Waals surface area contributed by atoms with E-state index < -0.39 is 0 Å². The highest BCUT2D eigenvalue weighted by Crippen LogP contribution is 2.22. The molecule has 1 aliphatic rings. The molecular formula is C23H27NO3. The van der Waals surface area contributed by atoms with Gasteiger partial charge in [0.1, 0.15) is 6.61 Å². The summed E-state index contributed by atoms with van der Waals surface area (Å²) < 4.78 is 5.53. The number of carbonyl (C=O) groups is 2. The van der Waals surface area contributed by atoms with Crippen LogP contribution in [0.3, 0.4) is 0 Å². The van der Waals surface area contributed by atoms with E-state index in [0.29, 0.717) is 32.5 Å². The van der Waals surface area contributed by atoms with Crippen molar-refractivity contribution < 1.29 is 14.3 Å². The second kappa shape index (κ2) is 8.38. The molecule has 0 unspecified atom stereocenters. The number of hydrogen-bond acceptors (Lipinski definition) is 3. The number of piperidine rings is 1. The van der Waals surface area contributed by atoms with Crippen LogP contribution < -0.4 is 0 Å². The van der Waals surface area contributed by atoms with Crippen LogP contribution in [0.2, 0.25) is 0 Å². The van der Waals surface area contributed by atoms with E-state index in [9.17, 15) is 9.59 Å². The number of likely N-dealkylation sites (tertiary alicyclic amines) is 1. The Bertz CT molecular complexity index is 815. The van der Waals surface area contributed by atoms with Crippen molar-refractivity contribution in [3.8, 4) is 0 Å². The van der Waals surface area contributed by atoms with E-state index in [1.165, 1.54) is 11.1 Å². The third kappa shape index (κ3) is 4.76. The molecule has 0 N–H and O–H groups in total. The van der Waals surface area contributed by atoms with Gasteiger partial charge in [-0.3, -0.25) is 9.59 Å². The monoisotopic (exact) mass is 365 g/mol. The van der Waals surface area contributed by atoms with Crippen LogP contribution >= 0.6 is 0 Å². The molecule has 3 rings (SSSR count). The van der Waals surface area contributed by atoms with Gasteiger partial charge in [-0.25, -0.2) is 0 Å². The summed E-state index contributed by atoms with van der Waals surface area (Å²) in [5.74, 6) is -0.232. The Hall–Kier alpha value is -2.62. The minimum atomic E-state index is -0.155. The summed E-state index contributed by atoms with van der Waals surface area (Å²) in [6.45, 7) is 7.53. The molecule has 4 nitrogen and oxygen atoms in total. The smallest absolute Gasteiger partial charge is 0.309 e. The zero-order valence-corrected chi connectivity index (χ0v) is 16.3. The number of aryl methyl sites for hydroxylation is 3. The molecule has 4 heteroatoms. The normalized spacial score (nSPS) is 14.9. The summed E-state index contributed by atoms with van der Waals surface area (Å²) in [5.41, 5.74) is 5.09. The van der Waals surface area contributed by atoms with Crippen molar-refractivity contribution in [1.29, 1.82) is 0 Å². The number of hydrogen-bond donors (Lipinski definition) is 0. The van der Waals surface area contributed by atoms with Gasteiger partial charge in [-0.05, 0) is 50.8 Å². The number of nitrogens with zero attached hydrogens (tertiary/aromatic N) is 1. The van der Waals surface area contributed by atoms with E-state index in [2.05, 4.69) is 6.07 Å². The van der Waals surface area contributed by atoms with Crippen molar-refractivity contribution in [2.75, 3.05) is 13.1 Å². The van der Waals surface area contributed by atoms with Gasteiger partial charge in [0.25, 0.3) is 5.91 Å². The maximum absolute atomic E-state index is 12.7. The average molecular weight is 365 g/mol. The van der Waals surface area contributed by atoms with Gasteiger partial charge in [0, 0.05) is 18.7 Å². The standard InChI is InChI=1S/C23H27NO3/c1-16-12-17(2)14-19(13-16)15-27-23(26)20-8-10-24(11-9-20)22(25)21-7-5-4-6-18(21)3/h4-7,12-14,20H,8-11,15H2,1-3H3. The van der Waals surface area contributed by atoms with Crippen molar-refractivity contribution in [3.05, 3.63) is 70.3 Å². The quantitative estimate of drug-likeness (QED) is 0.763. The number of amides is 1. The molecule has 142 valence electrons. The van der Waals surface area contributed by atoms with Gasteiger partial charge >= 0.3 is 5.97 Å². The highest BCUT2D eigenvalue weighted by molar-refractivity contribution is 5.95. The molecule has 0 spiro atoms. The molecule has 2 aromatic carbocycles. The molecule has 1 amide bonds. The molecule has 1 fully saturated rings. The Labute approximate surface area is 161 Å². The van der Waals surface area contributed by atoms with Gasteiger partial charge in [0.2, 0.25) is 0 Å². The van der Waals surface area contributed by atoms with Gasteiger partial charge in [-0.15, -0.1) is 0 Å². The van der Waals surface area contributed by atoms with Gasteiger partial charge < -0.3 is 9.64 Å². The van der Waals surface area contributed by atoms with Gasteiger partial charge in [-0.1, -0.05) is 47.5 Å². The Morgan fingerprint density at radius 2 is 1.63 bits per heavy atom. The number of carbonyl (C=O) groups excluding carboxylic acids is 2. The van der Waals surface area contributed by atoms with Crippen LogP contribution in [0.25, 0.3) is 0 Å². The fraction of sp³-hybridized carbons (Fsp3) is 0.391. The van der Waals surface area contributed by atoms with Crippen LogP contribution in [0, 0.1) is 26.7 Å². The third-order valence-electron chi connectivity index (χ3n) is 5.15. The second-order valence-electron chi connectivity index (χ2n) is 7.49.